The molecule has 7 N–H and O–H groups in total. The smallest absolute Gasteiger partial charge is 1.00 e. The number of phosphoric acid groups is 2. The summed E-state index contributed by atoms with van der Waals surface area (Å²) < 4.78 is 36.8. The van der Waals surface area contributed by atoms with Crippen molar-refractivity contribution in [3.8, 4) is 0 Å². The number of nitrogens with two attached hydrogens (primary N) is 1. The standard InChI is InChI=1S/C10H15N5O10P2.Be.3FH/c11-8-5-9(13-2-12-8)15(3-14-5)10-7(17)6(16)4(24-10)1-23-27(21,22)25-26(18,19)20;;;;/h2-4,6-7,10,16-17H,1H2,(H,21,22)(H2,11,12,13)(H2,18,19,20);;3*1H/q;+2;;;/p-3/t4-,6-,7-,10-;;;;/m1..../s1. The van der Waals surface area contributed by atoms with E-state index < -0.39 is 46.8 Å². The monoisotopic (exact) mass is 493 g/mol. The van der Waals surface area contributed by atoms with Crippen molar-refractivity contribution in [1.29, 1.82) is 0 Å². The van der Waals surface area contributed by atoms with Crippen LogP contribution in [-0.2, 0) is 22.7 Å². The Morgan fingerprint density at radius 3 is 2.29 bits per heavy atom. The fraction of sp³-hybridized carbons (Fsp3) is 0.500. The Labute approximate surface area is 174 Å². The van der Waals surface area contributed by atoms with Gasteiger partial charge in [-0.25, -0.2) is 24.1 Å². The van der Waals surface area contributed by atoms with E-state index in [0.29, 0.717) is 0 Å². The van der Waals surface area contributed by atoms with Gasteiger partial charge in [0.1, 0.15) is 30.2 Å². The second-order valence-electron chi connectivity index (χ2n) is 5.47. The molecule has 2 aromatic heterocycles. The molecule has 0 bridgehead atoms. The Kier molecular flexibility index (Phi) is 11.6. The first kappa shape index (κ1) is 31.6. The van der Waals surface area contributed by atoms with Crippen molar-refractivity contribution < 1.29 is 61.7 Å². The van der Waals surface area contributed by atoms with Crippen molar-refractivity contribution in [2.75, 3.05) is 12.3 Å². The molecule has 21 heteroatoms. The normalized spacial score (nSPS) is 24.8. The van der Waals surface area contributed by atoms with Gasteiger partial charge in [-0.3, -0.25) is 9.09 Å². The van der Waals surface area contributed by atoms with Crippen LogP contribution in [0.25, 0.3) is 11.2 Å². The van der Waals surface area contributed by atoms with Gasteiger partial charge >= 0.3 is 25.8 Å². The predicted octanol–water partition coefficient (Wildman–Crippen LogP) is -11.1. The van der Waals surface area contributed by atoms with Crippen LogP contribution in [0.2, 0.25) is 0 Å². The van der Waals surface area contributed by atoms with E-state index in [-0.39, 0.29) is 41.2 Å². The Bertz CT molecular complexity index is 953. The van der Waals surface area contributed by atoms with Crippen molar-refractivity contribution in [3.63, 3.8) is 0 Å². The number of hydrogen-bond donors (Lipinski definition) is 6. The van der Waals surface area contributed by atoms with E-state index in [1.54, 1.807) is 0 Å². The van der Waals surface area contributed by atoms with Crippen LogP contribution in [0.4, 0.5) is 5.82 Å². The van der Waals surface area contributed by atoms with Crippen LogP contribution >= 0.6 is 15.6 Å². The molecular weight excluding hydrogens is 478 g/mol. The molecule has 3 rings (SSSR count). The first-order valence-corrected chi connectivity index (χ1v) is 10.2. The van der Waals surface area contributed by atoms with Gasteiger partial charge in [-0.15, -0.1) is 0 Å². The first-order chi connectivity index (χ1) is 12.5. The number of rotatable bonds is 6. The summed E-state index contributed by atoms with van der Waals surface area (Å²) in [5, 5.41) is 20.3. The number of aliphatic hydroxyl groups excluding tert-OH is 2. The largest absolute Gasteiger partial charge is 2.00 e. The Balaban J connectivity index is 0. The topological polar surface area (TPSA) is 233 Å². The number of halogens is 3. The van der Waals surface area contributed by atoms with E-state index >= 15 is 0 Å². The van der Waals surface area contributed by atoms with Crippen molar-refractivity contribution in [1.82, 2.24) is 19.5 Å². The summed E-state index contributed by atoms with van der Waals surface area (Å²) in [6.45, 7) is -0.813. The van der Waals surface area contributed by atoms with Crippen LogP contribution in [0, 0.1) is 0 Å². The molecule has 1 saturated heterocycles. The van der Waals surface area contributed by atoms with Crippen LogP contribution < -0.4 is 19.8 Å². The summed E-state index contributed by atoms with van der Waals surface area (Å²) >= 11 is 0. The fourth-order valence-corrected chi connectivity index (χ4v) is 4.08. The fourth-order valence-electron chi connectivity index (χ4n) is 2.48. The zero-order chi connectivity index (χ0) is 20.0. The maximum absolute atomic E-state index is 11.5. The average Bonchev–Trinajstić information content (AvgIpc) is 3.07. The summed E-state index contributed by atoms with van der Waals surface area (Å²) in [6, 6.07) is 0. The zero-order valence-corrected chi connectivity index (χ0v) is 16.8. The van der Waals surface area contributed by atoms with E-state index in [2.05, 4.69) is 23.8 Å². The van der Waals surface area contributed by atoms with Crippen molar-refractivity contribution >= 4 is 42.7 Å². The number of imidazole rings is 1. The maximum atomic E-state index is 11.5. The minimum atomic E-state index is -5.29. The molecule has 1 fully saturated rings. The molecule has 0 amide bonds. The summed E-state index contributed by atoms with van der Waals surface area (Å²) in [6.07, 6.45) is -3.20. The quantitative estimate of drug-likeness (QED) is 0.162. The molecule has 0 spiro atoms. The number of fused-ring (bicyclic) bond motifs is 1. The van der Waals surface area contributed by atoms with Gasteiger partial charge < -0.3 is 49.5 Å². The van der Waals surface area contributed by atoms with Crippen LogP contribution in [0.5, 0.6) is 0 Å². The molecule has 1 unspecified atom stereocenters. The van der Waals surface area contributed by atoms with E-state index in [1.807, 2.05) is 0 Å². The molecular formula is C10H15BeF3N5O10P2-. The second-order valence-corrected chi connectivity index (χ2v) is 8.30. The van der Waals surface area contributed by atoms with E-state index in [0.717, 1.165) is 6.33 Å². The number of nitrogens with zero attached hydrogens (tertiary/aromatic N) is 4. The number of aromatic nitrogens is 4. The van der Waals surface area contributed by atoms with Crippen LogP contribution in [0.3, 0.4) is 0 Å². The Morgan fingerprint density at radius 2 is 1.71 bits per heavy atom. The van der Waals surface area contributed by atoms with Gasteiger partial charge in [0.25, 0.3) is 0 Å². The Hall–Kier alpha value is -1.55. The molecule has 0 aliphatic carbocycles. The summed E-state index contributed by atoms with van der Waals surface area (Å²) in [7, 11) is -10.4. The minimum absolute atomic E-state index is 0. The molecule has 174 valence electrons. The molecule has 0 aromatic carbocycles. The first-order valence-electron chi connectivity index (χ1n) is 7.17. The molecule has 3 heterocycles. The SMILES string of the molecule is Nc1ncnc2c1ncn2[C@@H]1O[C@H](COP(=O)(O)OP(=O)(O)O)[C@@H](O)[C@H]1O.[Be+2].[F-].[F-].[F-]. The number of phosphoric ester groups is 1. The third-order valence-corrected chi connectivity index (χ3v) is 5.76. The van der Waals surface area contributed by atoms with Gasteiger partial charge in [0.05, 0.1) is 12.9 Å². The number of nitrogen functional groups attached to an aromatic ring is 1. The predicted molar refractivity (Wildman–Crippen MR) is 90.3 cm³/mol. The third kappa shape index (κ3) is 6.97. The molecule has 15 nitrogen and oxygen atoms in total. The third-order valence-electron chi connectivity index (χ3n) is 3.61. The van der Waals surface area contributed by atoms with E-state index in [4.69, 9.17) is 20.3 Å². The summed E-state index contributed by atoms with van der Waals surface area (Å²) in [5.41, 5.74) is 6.11. The molecule has 5 atom stereocenters. The van der Waals surface area contributed by atoms with Gasteiger partial charge in [-0.2, -0.15) is 4.31 Å². The van der Waals surface area contributed by atoms with Gasteiger partial charge in [0.2, 0.25) is 0 Å². The van der Waals surface area contributed by atoms with Gasteiger partial charge in [0.15, 0.2) is 17.7 Å². The van der Waals surface area contributed by atoms with E-state index in [9.17, 15) is 24.2 Å². The zero-order valence-electron chi connectivity index (χ0n) is 15.1. The van der Waals surface area contributed by atoms with Gasteiger partial charge in [-0.1, -0.05) is 0 Å². The number of anilines is 1. The minimum Gasteiger partial charge on any atom is -1.00 e. The summed E-state index contributed by atoms with van der Waals surface area (Å²) in [4.78, 5) is 38.1. The molecule has 31 heavy (non-hydrogen) atoms. The van der Waals surface area contributed by atoms with Crippen LogP contribution in [0.15, 0.2) is 12.7 Å². The summed E-state index contributed by atoms with van der Waals surface area (Å²) in [5.74, 6) is 0.0856. The van der Waals surface area contributed by atoms with Crippen molar-refractivity contribution in [2.45, 2.75) is 24.5 Å². The number of aliphatic hydroxyl groups is 2. The molecule has 0 saturated carbocycles. The number of ether oxygens (including phenoxy) is 1. The van der Waals surface area contributed by atoms with E-state index in [1.165, 1.54) is 10.9 Å². The van der Waals surface area contributed by atoms with Crippen molar-refractivity contribution in [2.24, 2.45) is 0 Å². The Morgan fingerprint density at radius 1 is 1.10 bits per heavy atom. The number of hydrogen-bond acceptors (Lipinski definition) is 11. The average molecular weight is 493 g/mol. The van der Waals surface area contributed by atoms with Gasteiger partial charge in [0, 0.05) is 0 Å². The molecule has 1 aliphatic rings. The molecule has 2 aromatic rings. The molecule has 0 radical (unpaired) electrons. The second kappa shape index (κ2) is 11.4. The van der Waals surface area contributed by atoms with Gasteiger partial charge in [-0.05, 0) is 0 Å². The molecule has 1 aliphatic heterocycles. The maximum Gasteiger partial charge on any atom is 2.00 e. The van der Waals surface area contributed by atoms with Crippen molar-refractivity contribution in [3.05, 3.63) is 12.7 Å². The van der Waals surface area contributed by atoms with Crippen LogP contribution in [0.1, 0.15) is 6.23 Å². The van der Waals surface area contributed by atoms with Crippen LogP contribution in [-0.4, -0.2) is 79.5 Å².